The van der Waals surface area contributed by atoms with E-state index < -0.39 is 0 Å². The van der Waals surface area contributed by atoms with Crippen LogP contribution in [0.5, 0.6) is 0 Å². The van der Waals surface area contributed by atoms with Crippen molar-refractivity contribution in [2.24, 2.45) is 11.3 Å². The van der Waals surface area contributed by atoms with Crippen LogP contribution < -0.4 is 0 Å². The van der Waals surface area contributed by atoms with Crippen LogP contribution in [0.2, 0.25) is 0 Å². The van der Waals surface area contributed by atoms with E-state index in [4.69, 9.17) is 0 Å². The maximum Gasteiger partial charge on any atom is 0.0210 e. The summed E-state index contributed by atoms with van der Waals surface area (Å²) in [6, 6.07) is 18.6. The Hall–Kier alpha value is -1.56. The van der Waals surface area contributed by atoms with E-state index in [1.54, 1.807) is 0 Å². The number of rotatable bonds is 2. The molecule has 0 bridgehead atoms. The Morgan fingerprint density at radius 3 is 1.57 bits per heavy atom. The zero-order valence-electron chi connectivity index (χ0n) is 15.3. The van der Waals surface area contributed by atoms with Crippen LogP contribution >= 0.6 is 0 Å². The lowest BCUT2D eigenvalue weighted by Crippen LogP contribution is -2.41. The average Bonchev–Trinajstić information content (AvgIpc) is 2.46. The molecular formula is C23H30. The minimum absolute atomic E-state index is 0.155. The Kier molecular flexibility index (Phi) is 4.12. The molecule has 1 unspecified atom stereocenters. The lowest BCUT2D eigenvalue weighted by atomic mass is 9.55. The molecule has 2 aromatic rings. The van der Waals surface area contributed by atoms with Gasteiger partial charge in [0.05, 0.1) is 0 Å². The number of benzene rings is 2. The van der Waals surface area contributed by atoms with Crippen molar-refractivity contribution < 1.29 is 0 Å². The van der Waals surface area contributed by atoms with Crippen LogP contribution in [0.25, 0.3) is 0 Å². The molecule has 0 heteroatoms. The molecule has 0 nitrogen and oxygen atoms in total. The highest BCUT2D eigenvalue weighted by molar-refractivity contribution is 5.42. The van der Waals surface area contributed by atoms with Gasteiger partial charge in [-0.15, -0.1) is 0 Å². The second-order valence-electron chi connectivity index (χ2n) is 8.67. The van der Waals surface area contributed by atoms with Crippen molar-refractivity contribution in [3.8, 4) is 0 Å². The highest BCUT2D eigenvalue weighted by atomic mass is 14.5. The molecule has 0 aliphatic heterocycles. The molecule has 0 amide bonds. The Labute approximate surface area is 141 Å². The average molecular weight is 306 g/mol. The molecular weight excluding hydrogens is 276 g/mol. The van der Waals surface area contributed by atoms with Gasteiger partial charge >= 0.3 is 0 Å². The van der Waals surface area contributed by atoms with Crippen molar-refractivity contribution >= 4 is 0 Å². The monoisotopic (exact) mass is 306 g/mol. The second-order valence-corrected chi connectivity index (χ2v) is 8.67. The first kappa shape index (κ1) is 16.3. The predicted molar refractivity (Wildman–Crippen MR) is 99.9 cm³/mol. The van der Waals surface area contributed by atoms with Crippen molar-refractivity contribution in [3.63, 3.8) is 0 Å². The van der Waals surface area contributed by atoms with E-state index in [0.29, 0.717) is 5.41 Å². The van der Waals surface area contributed by atoms with Gasteiger partial charge in [0.25, 0.3) is 0 Å². The van der Waals surface area contributed by atoms with Crippen molar-refractivity contribution in [3.05, 3.63) is 70.8 Å². The third-order valence-electron chi connectivity index (χ3n) is 5.59. The SMILES string of the molecule is Cc1ccc(C2(c3ccc(C)cc3)CC(C)CC(C)(C)C2)cc1. The lowest BCUT2D eigenvalue weighted by Gasteiger charge is -2.48. The first-order valence-corrected chi connectivity index (χ1v) is 8.95. The fourth-order valence-corrected chi connectivity index (χ4v) is 4.92. The quantitative estimate of drug-likeness (QED) is 0.599. The summed E-state index contributed by atoms with van der Waals surface area (Å²) in [6.07, 6.45) is 3.81. The van der Waals surface area contributed by atoms with Gasteiger partial charge in [-0.3, -0.25) is 0 Å². The zero-order valence-corrected chi connectivity index (χ0v) is 15.3. The lowest BCUT2D eigenvalue weighted by molar-refractivity contribution is 0.127. The van der Waals surface area contributed by atoms with Crippen LogP contribution in [0.15, 0.2) is 48.5 Å². The van der Waals surface area contributed by atoms with E-state index in [0.717, 1.165) is 5.92 Å². The van der Waals surface area contributed by atoms with Gasteiger partial charge in [-0.1, -0.05) is 80.4 Å². The van der Waals surface area contributed by atoms with Gasteiger partial charge in [-0.2, -0.15) is 0 Å². The van der Waals surface area contributed by atoms with Gasteiger partial charge < -0.3 is 0 Å². The molecule has 122 valence electrons. The van der Waals surface area contributed by atoms with E-state index >= 15 is 0 Å². The molecule has 0 heterocycles. The summed E-state index contributed by atoms with van der Waals surface area (Å²) in [5, 5.41) is 0. The molecule has 0 spiro atoms. The molecule has 0 radical (unpaired) electrons. The van der Waals surface area contributed by atoms with Crippen LogP contribution in [0.3, 0.4) is 0 Å². The largest absolute Gasteiger partial charge is 0.0624 e. The summed E-state index contributed by atoms with van der Waals surface area (Å²) in [7, 11) is 0. The van der Waals surface area contributed by atoms with Crippen molar-refractivity contribution in [1.29, 1.82) is 0 Å². The van der Waals surface area contributed by atoms with Gasteiger partial charge in [0.1, 0.15) is 0 Å². The van der Waals surface area contributed by atoms with Crippen molar-refractivity contribution in [1.82, 2.24) is 0 Å². The molecule has 2 aromatic carbocycles. The number of hydrogen-bond acceptors (Lipinski definition) is 0. The van der Waals surface area contributed by atoms with Gasteiger partial charge in [0.2, 0.25) is 0 Å². The topological polar surface area (TPSA) is 0 Å². The normalized spacial score (nSPS) is 22.7. The maximum atomic E-state index is 2.44. The van der Waals surface area contributed by atoms with Crippen LogP contribution in [0, 0.1) is 25.2 Å². The van der Waals surface area contributed by atoms with E-state index in [2.05, 4.69) is 83.1 Å². The van der Waals surface area contributed by atoms with E-state index in [1.165, 1.54) is 41.5 Å². The van der Waals surface area contributed by atoms with Gasteiger partial charge in [0, 0.05) is 5.41 Å². The summed E-state index contributed by atoms with van der Waals surface area (Å²) >= 11 is 0. The molecule has 1 fully saturated rings. The predicted octanol–water partition coefficient (Wildman–Crippen LogP) is 6.44. The highest BCUT2D eigenvalue weighted by Gasteiger charge is 2.44. The molecule has 3 rings (SSSR count). The minimum atomic E-state index is 0.155. The summed E-state index contributed by atoms with van der Waals surface area (Å²) in [5.74, 6) is 0.751. The first-order chi connectivity index (χ1) is 10.8. The van der Waals surface area contributed by atoms with Crippen LogP contribution in [0.4, 0.5) is 0 Å². The fourth-order valence-electron chi connectivity index (χ4n) is 4.92. The van der Waals surface area contributed by atoms with Gasteiger partial charge in [-0.25, -0.2) is 0 Å². The van der Waals surface area contributed by atoms with Crippen LogP contribution in [0.1, 0.15) is 62.3 Å². The van der Waals surface area contributed by atoms with Gasteiger partial charge in [0.15, 0.2) is 0 Å². The standard InChI is InChI=1S/C23H30/c1-17-6-10-20(11-7-17)23(21-12-8-18(2)9-13-21)15-19(3)14-22(4,5)16-23/h6-13,19H,14-16H2,1-5H3. The third kappa shape index (κ3) is 3.22. The van der Waals surface area contributed by atoms with Crippen molar-refractivity contribution in [2.45, 2.75) is 59.3 Å². The number of hydrogen-bond donors (Lipinski definition) is 0. The summed E-state index contributed by atoms with van der Waals surface area (Å²) in [6.45, 7) is 11.7. The van der Waals surface area contributed by atoms with Crippen LogP contribution in [-0.4, -0.2) is 0 Å². The minimum Gasteiger partial charge on any atom is -0.0624 e. The molecule has 1 aliphatic rings. The summed E-state index contributed by atoms with van der Waals surface area (Å²) in [4.78, 5) is 0. The molecule has 0 aromatic heterocycles. The third-order valence-corrected chi connectivity index (χ3v) is 5.59. The Morgan fingerprint density at radius 2 is 1.17 bits per heavy atom. The molecule has 23 heavy (non-hydrogen) atoms. The van der Waals surface area contributed by atoms with E-state index in [1.807, 2.05) is 0 Å². The summed E-state index contributed by atoms with van der Waals surface area (Å²) < 4.78 is 0. The number of aryl methyl sites for hydroxylation is 2. The van der Waals surface area contributed by atoms with Crippen LogP contribution in [-0.2, 0) is 5.41 Å². The van der Waals surface area contributed by atoms with Crippen molar-refractivity contribution in [2.75, 3.05) is 0 Å². The molecule has 1 saturated carbocycles. The Morgan fingerprint density at radius 1 is 0.739 bits per heavy atom. The van der Waals surface area contributed by atoms with E-state index in [9.17, 15) is 0 Å². The summed E-state index contributed by atoms with van der Waals surface area (Å²) in [5.41, 5.74) is 6.21. The first-order valence-electron chi connectivity index (χ1n) is 8.95. The maximum absolute atomic E-state index is 2.44. The zero-order chi connectivity index (χ0) is 16.7. The molecule has 0 saturated heterocycles. The Bertz CT molecular complexity index is 613. The Balaban J connectivity index is 2.16. The molecule has 0 N–H and O–H groups in total. The fraction of sp³-hybridized carbons (Fsp3) is 0.478. The highest BCUT2D eigenvalue weighted by Crippen LogP contribution is 2.53. The smallest absolute Gasteiger partial charge is 0.0210 e. The van der Waals surface area contributed by atoms with E-state index in [-0.39, 0.29) is 5.41 Å². The molecule has 1 aliphatic carbocycles. The second kappa shape index (κ2) is 5.82. The van der Waals surface area contributed by atoms with Gasteiger partial charge in [-0.05, 0) is 55.6 Å². The molecule has 1 atom stereocenters.